The maximum absolute atomic E-state index is 12.0. The van der Waals surface area contributed by atoms with E-state index in [0.29, 0.717) is 25.9 Å². The molecule has 0 saturated carbocycles. The molecule has 88 valence electrons. The van der Waals surface area contributed by atoms with Gasteiger partial charge in [0, 0.05) is 19.0 Å². The van der Waals surface area contributed by atoms with Gasteiger partial charge >= 0.3 is 0 Å². The van der Waals surface area contributed by atoms with E-state index in [9.17, 15) is 4.79 Å². The van der Waals surface area contributed by atoms with Gasteiger partial charge in [0.1, 0.15) is 0 Å². The van der Waals surface area contributed by atoms with Crippen LogP contribution in [-0.2, 0) is 4.79 Å². The van der Waals surface area contributed by atoms with E-state index in [1.165, 1.54) is 0 Å². The molecule has 1 amide bonds. The van der Waals surface area contributed by atoms with E-state index in [2.05, 4.69) is 0 Å². The van der Waals surface area contributed by atoms with Gasteiger partial charge in [0.05, 0.1) is 25.0 Å². The third-order valence-electron chi connectivity index (χ3n) is 2.44. The largest absolute Gasteiger partial charge is 0.340 e. The molecule has 0 aromatic carbocycles. The molecule has 1 atom stereocenters. The molecule has 4 nitrogen and oxygen atoms in total. The van der Waals surface area contributed by atoms with Gasteiger partial charge < -0.3 is 4.90 Å². The highest BCUT2D eigenvalue weighted by molar-refractivity contribution is 5.78. The lowest BCUT2D eigenvalue weighted by atomic mass is 10.0. The van der Waals surface area contributed by atoms with Crippen LogP contribution in [0.4, 0.5) is 0 Å². The number of hydrogen-bond donors (Lipinski definition) is 0. The highest BCUT2D eigenvalue weighted by Gasteiger charge is 2.18. The van der Waals surface area contributed by atoms with Crippen molar-refractivity contribution >= 4 is 5.91 Å². The van der Waals surface area contributed by atoms with E-state index in [1.807, 2.05) is 26.0 Å². The fourth-order valence-electron chi connectivity index (χ4n) is 1.57. The average Bonchev–Trinajstić information content (AvgIpc) is 2.29. The third kappa shape index (κ3) is 5.36. The van der Waals surface area contributed by atoms with Gasteiger partial charge in [-0.05, 0) is 6.42 Å². The first-order valence-electron chi connectivity index (χ1n) is 5.70. The SMILES string of the molecule is CCCC(C)C(=O)N(CCC#N)CCC#N. The lowest BCUT2D eigenvalue weighted by Crippen LogP contribution is -2.36. The molecule has 0 heterocycles. The Balaban J connectivity index is 4.31. The molecule has 0 N–H and O–H groups in total. The lowest BCUT2D eigenvalue weighted by molar-refractivity contribution is -0.135. The van der Waals surface area contributed by atoms with Crippen LogP contribution in [0.5, 0.6) is 0 Å². The normalized spacial score (nSPS) is 11.2. The van der Waals surface area contributed by atoms with Crippen LogP contribution in [0.25, 0.3) is 0 Å². The minimum atomic E-state index is -0.0117. The third-order valence-corrected chi connectivity index (χ3v) is 2.44. The van der Waals surface area contributed by atoms with Gasteiger partial charge in [-0.2, -0.15) is 10.5 Å². The van der Waals surface area contributed by atoms with Crippen molar-refractivity contribution < 1.29 is 4.79 Å². The van der Waals surface area contributed by atoms with Crippen LogP contribution in [0.2, 0.25) is 0 Å². The Bertz CT molecular complexity index is 270. The summed E-state index contributed by atoms with van der Waals surface area (Å²) in [7, 11) is 0. The van der Waals surface area contributed by atoms with E-state index in [1.54, 1.807) is 4.90 Å². The predicted molar refractivity (Wildman–Crippen MR) is 61.1 cm³/mol. The molecule has 0 saturated heterocycles. The Morgan fingerprint density at radius 2 is 1.75 bits per heavy atom. The maximum Gasteiger partial charge on any atom is 0.225 e. The highest BCUT2D eigenvalue weighted by Crippen LogP contribution is 2.10. The van der Waals surface area contributed by atoms with E-state index < -0.39 is 0 Å². The zero-order valence-corrected chi connectivity index (χ0v) is 10.1. The maximum atomic E-state index is 12.0. The summed E-state index contributed by atoms with van der Waals surface area (Å²) in [5.74, 6) is 0.0507. The molecule has 0 aromatic heterocycles. The molecular formula is C12H19N3O. The van der Waals surface area contributed by atoms with Crippen molar-refractivity contribution in [1.29, 1.82) is 10.5 Å². The van der Waals surface area contributed by atoms with E-state index >= 15 is 0 Å². The molecule has 4 heteroatoms. The molecule has 16 heavy (non-hydrogen) atoms. The van der Waals surface area contributed by atoms with Gasteiger partial charge in [-0.25, -0.2) is 0 Å². The summed E-state index contributed by atoms with van der Waals surface area (Å²) < 4.78 is 0. The fraction of sp³-hybridized carbons (Fsp3) is 0.750. The van der Waals surface area contributed by atoms with E-state index in [-0.39, 0.29) is 11.8 Å². The molecule has 0 aliphatic carbocycles. The number of amides is 1. The number of hydrogen-bond acceptors (Lipinski definition) is 3. The molecule has 0 aromatic rings. The number of carbonyl (C=O) groups excluding carboxylic acids is 1. The first-order valence-corrected chi connectivity index (χ1v) is 5.70. The van der Waals surface area contributed by atoms with Crippen LogP contribution >= 0.6 is 0 Å². The molecule has 0 aliphatic rings. The zero-order valence-electron chi connectivity index (χ0n) is 10.1. The van der Waals surface area contributed by atoms with Gasteiger partial charge in [-0.1, -0.05) is 20.3 Å². The quantitative estimate of drug-likeness (QED) is 0.661. The molecule has 0 spiro atoms. The number of carbonyl (C=O) groups is 1. The van der Waals surface area contributed by atoms with Crippen LogP contribution < -0.4 is 0 Å². The smallest absolute Gasteiger partial charge is 0.225 e. The van der Waals surface area contributed by atoms with Crippen molar-refractivity contribution in [3.05, 3.63) is 0 Å². The molecule has 1 unspecified atom stereocenters. The monoisotopic (exact) mass is 221 g/mol. The summed E-state index contributed by atoms with van der Waals surface area (Å²) in [6.45, 7) is 4.81. The number of rotatable bonds is 7. The summed E-state index contributed by atoms with van der Waals surface area (Å²) in [6, 6.07) is 4.05. The second kappa shape index (κ2) is 8.73. The Kier molecular flexibility index (Phi) is 7.89. The van der Waals surface area contributed by atoms with Gasteiger partial charge in [0.25, 0.3) is 0 Å². The number of nitrogens with zero attached hydrogens (tertiary/aromatic N) is 3. The molecular weight excluding hydrogens is 202 g/mol. The molecule has 0 rings (SSSR count). The molecule has 0 fully saturated rings. The fourth-order valence-corrected chi connectivity index (χ4v) is 1.57. The van der Waals surface area contributed by atoms with Crippen molar-refractivity contribution in [2.45, 2.75) is 39.5 Å². The highest BCUT2D eigenvalue weighted by atomic mass is 16.2. The Labute approximate surface area is 97.5 Å². The van der Waals surface area contributed by atoms with Crippen molar-refractivity contribution in [2.75, 3.05) is 13.1 Å². The molecule has 0 aliphatic heterocycles. The Morgan fingerprint density at radius 3 is 2.12 bits per heavy atom. The summed E-state index contributed by atoms with van der Waals surface area (Å²) in [5.41, 5.74) is 0. The van der Waals surface area contributed by atoms with Gasteiger partial charge in [-0.15, -0.1) is 0 Å². The first-order chi connectivity index (χ1) is 7.67. The summed E-state index contributed by atoms with van der Waals surface area (Å²) in [4.78, 5) is 13.6. The second-order valence-corrected chi connectivity index (χ2v) is 3.83. The van der Waals surface area contributed by atoms with Gasteiger partial charge in [-0.3, -0.25) is 4.79 Å². The van der Waals surface area contributed by atoms with Crippen LogP contribution in [0.1, 0.15) is 39.5 Å². The lowest BCUT2D eigenvalue weighted by Gasteiger charge is -2.23. The van der Waals surface area contributed by atoms with Gasteiger partial charge in [0.2, 0.25) is 5.91 Å². The van der Waals surface area contributed by atoms with Crippen LogP contribution in [-0.4, -0.2) is 23.9 Å². The van der Waals surface area contributed by atoms with Crippen LogP contribution in [0.15, 0.2) is 0 Å². The zero-order chi connectivity index (χ0) is 12.4. The average molecular weight is 221 g/mol. The van der Waals surface area contributed by atoms with E-state index in [4.69, 9.17) is 10.5 Å². The van der Waals surface area contributed by atoms with Crippen molar-refractivity contribution in [1.82, 2.24) is 4.90 Å². The van der Waals surface area contributed by atoms with Crippen LogP contribution in [0.3, 0.4) is 0 Å². The summed E-state index contributed by atoms with van der Waals surface area (Å²) >= 11 is 0. The summed E-state index contributed by atoms with van der Waals surface area (Å²) in [6.07, 6.45) is 2.48. The van der Waals surface area contributed by atoms with Crippen LogP contribution in [0, 0.1) is 28.6 Å². The molecule has 0 bridgehead atoms. The predicted octanol–water partition coefficient (Wildman–Crippen LogP) is 2.08. The number of nitriles is 2. The topological polar surface area (TPSA) is 67.9 Å². The second-order valence-electron chi connectivity index (χ2n) is 3.83. The molecule has 0 radical (unpaired) electrons. The van der Waals surface area contributed by atoms with Crippen molar-refractivity contribution in [3.8, 4) is 12.1 Å². The van der Waals surface area contributed by atoms with Crippen molar-refractivity contribution in [2.24, 2.45) is 5.92 Å². The first kappa shape index (κ1) is 14.5. The van der Waals surface area contributed by atoms with Crippen molar-refractivity contribution in [3.63, 3.8) is 0 Å². The minimum absolute atomic E-state index is 0.0117. The Hall–Kier alpha value is -1.55. The van der Waals surface area contributed by atoms with E-state index in [0.717, 1.165) is 12.8 Å². The Morgan fingerprint density at radius 1 is 1.25 bits per heavy atom. The minimum Gasteiger partial charge on any atom is -0.340 e. The summed E-state index contributed by atoms with van der Waals surface area (Å²) in [5, 5.41) is 17.0. The van der Waals surface area contributed by atoms with Gasteiger partial charge in [0.15, 0.2) is 0 Å². The standard InChI is InChI=1S/C12H19N3O/c1-3-6-11(2)12(16)15(9-4-7-13)10-5-8-14/h11H,3-6,9-10H2,1-2H3.